The SMILES string of the molecule is C=CC/C=C\N(CC(O)(c1ccc2c(cnn2-c2ccc(F)cc2)c1)C(F)(F)F)C(=C)C=C. The Morgan fingerprint density at radius 3 is 2.42 bits per heavy atom. The normalized spacial score (nSPS) is 13.7. The van der Waals surface area contributed by atoms with Gasteiger partial charge in [0.25, 0.3) is 0 Å². The molecule has 3 aromatic rings. The Kier molecular flexibility index (Phi) is 6.88. The number of halogens is 4. The van der Waals surface area contributed by atoms with Crippen molar-refractivity contribution < 1.29 is 22.7 Å². The van der Waals surface area contributed by atoms with E-state index in [4.69, 9.17) is 0 Å². The van der Waals surface area contributed by atoms with E-state index in [9.17, 15) is 22.7 Å². The Labute approximate surface area is 189 Å². The van der Waals surface area contributed by atoms with Crippen molar-refractivity contribution >= 4 is 10.9 Å². The maximum absolute atomic E-state index is 14.2. The molecule has 0 amide bonds. The highest BCUT2D eigenvalue weighted by Gasteiger charge is 2.56. The fourth-order valence-electron chi connectivity index (χ4n) is 3.32. The van der Waals surface area contributed by atoms with Crippen molar-refractivity contribution in [3.8, 4) is 5.69 Å². The van der Waals surface area contributed by atoms with Crippen molar-refractivity contribution in [1.29, 1.82) is 0 Å². The summed E-state index contributed by atoms with van der Waals surface area (Å²) in [5.41, 5.74) is -2.30. The second-order valence-corrected chi connectivity index (χ2v) is 7.40. The molecule has 8 heteroatoms. The molecule has 1 N–H and O–H groups in total. The monoisotopic (exact) mass is 457 g/mol. The number of allylic oxidation sites excluding steroid dienone is 3. The van der Waals surface area contributed by atoms with Gasteiger partial charge in [0.2, 0.25) is 5.60 Å². The maximum Gasteiger partial charge on any atom is 0.423 e. The predicted octanol–water partition coefficient (Wildman–Crippen LogP) is 6.01. The smallest absolute Gasteiger partial charge is 0.375 e. The molecule has 1 atom stereocenters. The molecule has 172 valence electrons. The highest BCUT2D eigenvalue weighted by molar-refractivity contribution is 5.81. The highest BCUT2D eigenvalue weighted by Crippen LogP contribution is 2.41. The summed E-state index contributed by atoms with van der Waals surface area (Å²) in [7, 11) is 0. The Balaban J connectivity index is 2.05. The van der Waals surface area contributed by atoms with Gasteiger partial charge in [-0.25, -0.2) is 9.07 Å². The van der Waals surface area contributed by atoms with Gasteiger partial charge in [-0.05, 0) is 54.5 Å². The van der Waals surface area contributed by atoms with Crippen LogP contribution in [0.3, 0.4) is 0 Å². The van der Waals surface area contributed by atoms with Crippen molar-refractivity contribution in [3.05, 3.63) is 110 Å². The van der Waals surface area contributed by atoms with Crippen molar-refractivity contribution in [2.45, 2.75) is 18.2 Å². The van der Waals surface area contributed by atoms with Gasteiger partial charge in [0.1, 0.15) is 5.82 Å². The lowest BCUT2D eigenvalue weighted by Crippen LogP contribution is -2.49. The van der Waals surface area contributed by atoms with E-state index in [2.05, 4.69) is 24.8 Å². The zero-order chi connectivity index (χ0) is 24.2. The zero-order valence-corrected chi connectivity index (χ0v) is 17.8. The van der Waals surface area contributed by atoms with E-state index in [1.807, 2.05) is 0 Å². The van der Waals surface area contributed by atoms with Crippen LogP contribution in [-0.4, -0.2) is 32.5 Å². The number of fused-ring (bicyclic) bond motifs is 1. The van der Waals surface area contributed by atoms with Crippen LogP contribution in [0.4, 0.5) is 17.6 Å². The largest absolute Gasteiger partial charge is 0.423 e. The molecule has 0 aliphatic carbocycles. The van der Waals surface area contributed by atoms with Crippen LogP contribution >= 0.6 is 0 Å². The summed E-state index contributed by atoms with van der Waals surface area (Å²) >= 11 is 0. The van der Waals surface area contributed by atoms with Crippen LogP contribution in [0.5, 0.6) is 0 Å². The molecule has 2 aromatic carbocycles. The standard InChI is InChI=1S/C25H23F4N3O/c1-4-6-7-14-31(18(3)5-2)17-24(33,25(27,28)29)20-8-13-23-19(15-20)16-30-32(23)22-11-9-21(26)10-12-22/h4-5,7-16,33H,1-3,6,17H2/b14-7-. The van der Waals surface area contributed by atoms with Gasteiger partial charge in [0.05, 0.1) is 23.9 Å². The fourth-order valence-corrected chi connectivity index (χ4v) is 3.32. The molecule has 0 radical (unpaired) electrons. The summed E-state index contributed by atoms with van der Waals surface area (Å²) in [5, 5.41) is 15.5. The Morgan fingerprint density at radius 1 is 1.12 bits per heavy atom. The second kappa shape index (κ2) is 9.46. The lowest BCUT2D eigenvalue weighted by molar-refractivity contribution is -0.268. The molecule has 0 bridgehead atoms. The average Bonchev–Trinajstić information content (AvgIpc) is 3.21. The van der Waals surface area contributed by atoms with Crippen molar-refractivity contribution in [3.63, 3.8) is 0 Å². The third-order valence-corrected chi connectivity index (χ3v) is 5.18. The van der Waals surface area contributed by atoms with Crippen molar-refractivity contribution in [2.75, 3.05) is 6.54 Å². The van der Waals surface area contributed by atoms with Crippen LogP contribution in [0.2, 0.25) is 0 Å². The van der Waals surface area contributed by atoms with Gasteiger partial charge in [-0.15, -0.1) is 6.58 Å². The topological polar surface area (TPSA) is 41.3 Å². The number of aromatic nitrogens is 2. The first kappa shape index (κ1) is 24.0. The lowest BCUT2D eigenvalue weighted by atomic mass is 9.91. The Morgan fingerprint density at radius 2 is 1.82 bits per heavy atom. The van der Waals surface area contributed by atoms with E-state index in [1.165, 1.54) is 70.5 Å². The number of hydrogen-bond donors (Lipinski definition) is 1. The summed E-state index contributed by atoms with van der Waals surface area (Å²) in [6.45, 7) is 10.0. The van der Waals surface area contributed by atoms with Gasteiger partial charge in [-0.1, -0.05) is 31.4 Å². The quantitative estimate of drug-likeness (QED) is 0.243. The van der Waals surface area contributed by atoms with E-state index in [-0.39, 0.29) is 11.3 Å². The fraction of sp³-hybridized carbons (Fsp3) is 0.160. The molecular formula is C25H23F4N3O. The molecule has 0 saturated heterocycles. The zero-order valence-electron chi connectivity index (χ0n) is 17.8. The molecule has 0 spiro atoms. The summed E-state index contributed by atoms with van der Waals surface area (Å²) < 4.78 is 57.3. The molecule has 1 unspecified atom stereocenters. The van der Waals surface area contributed by atoms with Gasteiger partial charge >= 0.3 is 6.18 Å². The molecule has 0 aliphatic rings. The van der Waals surface area contributed by atoms with E-state index < -0.39 is 24.1 Å². The molecule has 3 rings (SSSR count). The minimum Gasteiger partial charge on any atom is -0.375 e. The van der Waals surface area contributed by atoms with Crippen molar-refractivity contribution in [1.82, 2.24) is 14.7 Å². The molecule has 4 nitrogen and oxygen atoms in total. The second-order valence-electron chi connectivity index (χ2n) is 7.40. The van der Waals surface area contributed by atoms with Crippen LogP contribution in [0, 0.1) is 5.82 Å². The minimum absolute atomic E-state index is 0.197. The van der Waals surface area contributed by atoms with E-state index >= 15 is 0 Å². The van der Waals surface area contributed by atoms with Crippen LogP contribution in [0.1, 0.15) is 12.0 Å². The number of nitrogens with zero attached hydrogens (tertiary/aromatic N) is 3. The molecule has 0 saturated carbocycles. The number of aliphatic hydroxyl groups is 1. The van der Waals surface area contributed by atoms with Crippen LogP contribution < -0.4 is 0 Å². The molecule has 1 aromatic heterocycles. The Bertz CT molecular complexity index is 1190. The number of rotatable bonds is 9. The van der Waals surface area contributed by atoms with Gasteiger partial charge in [0.15, 0.2) is 0 Å². The molecule has 0 fully saturated rings. The third kappa shape index (κ3) is 4.90. The molecule has 33 heavy (non-hydrogen) atoms. The first-order valence-electron chi connectivity index (χ1n) is 9.99. The van der Waals surface area contributed by atoms with Crippen LogP contribution in [0.15, 0.2) is 98.5 Å². The van der Waals surface area contributed by atoms with E-state index in [0.717, 1.165) is 0 Å². The van der Waals surface area contributed by atoms with Crippen LogP contribution in [0.25, 0.3) is 16.6 Å². The van der Waals surface area contributed by atoms with Crippen LogP contribution in [-0.2, 0) is 5.60 Å². The first-order valence-corrected chi connectivity index (χ1v) is 9.99. The highest BCUT2D eigenvalue weighted by atomic mass is 19.4. The number of hydrogen-bond acceptors (Lipinski definition) is 3. The summed E-state index contributed by atoms with van der Waals surface area (Å²) in [6.07, 6.45) is 2.75. The summed E-state index contributed by atoms with van der Waals surface area (Å²) in [6, 6.07) is 9.45. The number of benzene rings is 2. The van der Waals surface area contributed by atoms with Crippen molar-refractivity contribution in [2.24, 2.45) is 0 Å². The predicted molar refractivity (Wildman–Crippen MR) is 121 cm³/mol. The molecule has 0 aliphatic heterocycles. The lowest BCUT2D eigenvalue weighted by Gasteiger charge is -2.36. The Hall–Kier alpha value is -3.65. The summed E-state index contributed by atoms with van der Waals surface area (Å²) in [4.78, 5) is 1.19. The van der Waals surface area contributed by atoms with E-state index in [0.29, 0.717) is 23.0 Å². The molecular weight excluding hydrogens is 434 g/mol. The molecule has 1 heterocycles. The maximum atomic E-state index is 14.2. The van der Waals surface area contributed by atoms with Gasteiger partial charge < -0.3 is 10.0 Å². The van der Waals surface area contributed by atoms with Gasteiger partial charge in [-0.3, -0.25) is 0 Å². The van der Waals surface area contributed by atoms with Gasteiger partial charge in [0, 0.05) is 17.3 Å². The number of alkyl halides is 3. The summed E-state index contributed by atoms with van der Waals surface area (Å²) in [5.74, 6) is -0.416. The van der Waals surface area contributed by atoms with Gasteiger partial charge in [-0.2, -0.15) is 18.3 Å². The first-order chi connectivity index (χ1) is 15.6. The third-order valence-electron chi connectivity index (χ3n) is 5.18. The average molecular weight is 457 g/mol. The van der Waals surface area contributed by atoms with E-state index in [1.54, 1.807) is 12.2 Å². The minimum atomic E-state index is -4.99.